The molecule has 100 valence electrons. The molecule has 0 saturated carbocycles. The summed E-state index contributed by atoms with van der Waals surface area (Å²) in [6, 6.07) is -0.295. The lowest BCUT2D eigenvalue weighted by atomic mass is 10.1. The molecule has 1 aliphatic heterocycles. The Labute approximate surface area is 106 Å². The van der Waals surface area contributed by atoms with Crippen LogP contribution in [-0.4, -0.2) is 53.3 Å². The molecule has 1 atom stereocenters. The van der Waals surface area contributed by atoms with Crippen molar-refractivity contribution >= 4 is 12.0 Å². The summed E-state index contributed by atoms with van der Waals surface area (Å²) in [5, 5.41) is 11.4. The molecule has 0 aromatic rings. The van der Waals surface area contributed by atoms with Crippen LogP contribution in [0.25, 0.3) is 0 Å². The first-order chi connectivity index (χ1) is 8.34. The molecule has 0 aromatic heterocycles. The summed E-state index contributed by atoms with van der Waals surface area (Å²) in [6.07, 6.45) is 4.72. The van der Waals surface area contributed by atoms with Gasteiger partial charge in [-0.25, -0.2) is 4.79 Å². The number of aliphatic carboxylic acids is 1. The third-order valence-electron chi connectivity index (χ3n) is 2.61. The molecule has 1 rings (SSSR count). The lowest BCUT2D eigenvalue weighted by Gasteiger charge is -2.34. The molecule has 6 nitrogen and oxygen atoms in total. The Morgan fingerprint density at radius 2 is 2.28 bits per heavy atom. The number of urea groups is 1. The van der Waals surface area contributed by atoms with Gasteiger partial charge in [0.2, 0.25) is 0 Å². The van der Waals surface area contributed by atoms with Crippen molar-refractivity contribution in [1.29, 1.82) is 0 Å². The average molecular weight is 254 g/mol. The summed E-state index contributed by atoms with van der Waals surface area (Å²) in [4.78, 5) is 24.0. The highest BCUT2D eigenvalue weighted by Gasteiger charge is 2.28. The molecule has 0 bridgehead atoms. The van der Waals surface area contributed by atoms with Gasteiger partial charge in [-0.1, -0.05) is 5.92 Å². The number of hydrogen-bond acceptors (Lipinski definition) is 3. The van der Waals surface area contributed by atoms with E-state index in [9.17, 15) is 9.59 Å². The maximum atomic E-state index is 11.9. The number of carboxylic acid groups (broad SMARTS) is 1. The van der Waals surface area contributed by atoms with Crippen molar-refractivity contribution in [2.24, 2.45) is 0 Å². The fourth-order valence-corrected chi connectivity index (χ4v) is 1.60. The van der Waals surface area contributed by atoms with Crippen LogP contribution in [0.3, 0.4) is 0 Å². The van der Waals surface area contributed by atoms with Gasteiger partial charge in [-0.2, -0.15) is 0 Å². The molecule has 18 heavy (non-hydrogen) atoms. The van der Waals surface area contributed by atoms with E-state index in [1.54, 1.807) is 13.8 Å². The topological polar surface area (TPSA) is 78.9 Å². The highest BCUT2D eigenvalue weighted by Crippen LogP contribution is 2.10. The Hall–Kier alpha value is -1.74. The average Bonchev–Trinajstić information content (AvgIpc) is 2.28. The van der Waals surface area contributed by atoms with Gasteiger partial charge in [0.05, 0.1) is 24.7 Å². The number of nitrogens with zero attached hydrogens (tertiary/aromatic N) is 1. The van der Waals surface area contributed by atoms with Crippen molar-refractivity contribution in [3.05, 3.63) is 0 Å². The van der Waals surface area contributed by atoms with Crippen molar-refractivity contribution < 1.29 is 19.4 Å². The Balaban J connectivity index is 2.54. The van der Waals surface area contributed by atoms with Gasteiger partial charge in [-0.15, -0.1) is 6.42 Å². The lowest BCUT2D eigenvalue weighted by Crippen LogP contribution is -2.54. The molecular weight excluding hydrogens is 236 g/mol. The number of morpholine rings is 1. The fourth-order valence-electron chi connectivity index (χ4n) is 1.60. The third-order valence-corrected chi connectivity index (χ3v) is 2.61. The zero-order valence-electron chi connectivity index (χ0n) is 10.6. The van der Waals surface area contributed by atoms with E-state index in [0.717, 1.165) is 0 Å². The molecule has 0 aliphatic carbocycles. The number of amides is 2. The number of ether oxygens (including phenoxy) is 1. The van der Waals surface area contributed by atoms with E-state index < -0.39 is 17.6 Å². The first-order valence-electron chi connectivity index (χ1n) is 5.72. The summed E-state index contributed by atoms with van der Waals surface area (Å²) in [5.41, 5.74) is -0.725. The van der Waals surface area contributed by atoms with Crippen molar-refractivity contribution in [3.8, 4) is 12.3 Å². The molecule has 1 saturated heterocycles. The summed E-state index contributed by atoms with van der Waals surface area (Å²) in [6.45, 7) is 4.48. The van der Waals surface area contributed by atoms with Gasteiger partial charge in [0.15, 0.2) is 0 Å². The minimum absolute atomic E-state index is 0.109. The highest BCUT2D eigenvalue weighted by molar-refractivity contribution is 5.76. The monoisotopic (exact) mass is 254 g/mol. The van der Waals surface area contributed by atoms with E-state index in [2.05, 4.69) is 11.2 Å². The second kappa shape index (κ2) is 5.74. The predicted octanol–water partition coefficient (Wildman–Crippen LogP) is 0.283. The standard InChI is InChI=1S/C12H18N2O4/c1-4-12(2,3)13-11(17)14-5-6-18-9(8-14)7-10(15)16/h1,9H,5-8H2,2-3H3,(H,13,17)(H,15,16). The maximum Gasteiger partial charge on any atom is 0.318 e. The van der Waals surface area contributed by atoms with Crippen LogP contribution >= 0.6 is 0 Å². The molecule has 1 heterocycles. The van der Waals surface area contributed by atoms with Gasteiger partial charge in [0.25, 0.3) is 0 Å². The lowest BCUT2D eigenvalue weighted by molar-refractivity contribution is -0.141. The van der Waals surface area contributed by atoms with Crippen LogP contribution in [0.5, 0.6) is 0 Å². The number of hydrogen-bond donors (Lipinski definition) is 2. The first-order valence-corrected chi connectivity index (χ1v) is 5.72. The second-order valence-electron chi connectivity index (χ2n) is 4.74. The van der Waals surface area contributed by atoms with Gasteiger partial charge in [-0.3, -0.25) is 4.79 Å². The van der Waals surface area contributed by atoms with E-state index in [0.29, 0.717) is 13.2 Å². The van der Waals surface area contributed by atoms with Gasteiger partial charge in [-0.05, 0) is 13.8 Å². The Kier molecular flexibility index (Phi) is 4.56. The van der Waals surface area contributed by atoms with Crippen LogP contribution in [-0.2, 0) is 9.53 Å². The minimum atomic E-state index is -0.939. The summed E-state index contributed by atoms with van der Waals surface area (Å²) in [5.74, 6) is 1.53. The van der Waals surface area contributed by atoms with Crippen LogP contribution in [0.15, 0.2) is 0 Å². The fraction of sp³-hybridized carbons (Fsp3) is 0.667. The molecule has 2 amide bonds. The summed E-state index contributed by atoms with van der Waals surface area (Å²) >= 11 is 0. The number of terminal acetylenes is 1. The highest BCUT2D eigenvalue weighted by atomic mass is 16.5. The van der Waals surface area contributed by atoms with Gasteiger partial charge in [0, 0.05) is 13.1 Å². The molecule has 0 aromatic carbocycles. The van der Waals surface area contributed by atoms with E-state index in [1.807, 2.05) is 0 Å². The third kappa shape index (κ3) is 4.26. The van der Waals surface area contributed by atoms with Crippen LogP contribution in [0.4, 0.5) is 4.79 Å². The van der Waals surface area contributed by atoms with E-state index in [1.165, 1.54) is 4.90 Å². The van der Waals surface area contributed by atoms with Crippen LogP contribution < -0.4 is 5.32 Å². The number of carbonyl (C=O) groups is 2. The maximum absolute atomic E-state index is 11.9. The molecule has 1 unspecified atom stereocenters. The summed E-state index contributed by atoms with van der Waals surface area (Å²) < 4.78 is 5.28. The smallest absolute Gasteiger partial charge is 0.318 e. The Morgan fingerprint density at radius 1 is 1.61 bits per heavy atom. The Bertz CT molecular complexity index is 373. The molecule has 6 heteroatoms. The van der Waals surface area contributed by atoms with Gasteiger partial charge in [0.1, 0.15) is 0 Å². The second-order valence-corrected chi connectivity index (χ2v) is 4.74. The summed E-state index contributed by atoms with van der Waals surface area (Å²) in [7, 11) is 0. The normalized spacial score (nSPS) is 20.1. The molecule has 1 aliphatic rings. The van der Waals surface area contributed by atoms with Crippen LogP contribution in [0.1, 0.15) is 20.3 Å². The van der Waals surface area contributed by atoms with Gasteiger partial charge >= 0.3 is 12.0 Å². The van der Waals surface area contributed by atoms with Crippen molar-refractivity contribution in [2.75, 3.05) is 19.7 Å². The predicted molar refractivity (Wildman–Crippen MR) is 65.0 cm³/mol. The molecule has 0 spiro atoms. The quantitative estimate of drug-likeness (QED) is 0.709. The van der Waals surface area contributed by atoms with Crippen molar-refractivity contribution in [3.63, 3.8) is 0 Å². The number of nitrogens with one attached hydrogen (secondary N) is 1. The van der Waals surface area contributed by atoms with Crippen molar-refractivity contribution in [2.45, 2.75) is 31.9 Å². The molecule has 0 radical (unpaired) electrons. The largest absolute Gasteiger partial charge is 0.481 e. The number of carboxylic acids is 1. The van der Waals surface area contributed by atoms with Gasteiger partial charge < -0.3 is 20.1 Å². The van der Waals surface area contributed by atoms with E-state index in [-0.39, 0.29) is 19.0 Å². The SMILES string of the molecule is C#CC(C)(C)NC(=O)N1CCOC(CC(=O)O)C1. The minimum Gasteiger partial charge on any atom is -0.481 e. The number of carbonyl (C=O) groups excluding carboxylic acids is 1. The zero-order valence-corrected chi connectivity index (χ0v) is 10.6. The van der Waals surface area contributed by atoms with Crippen molar-refractivity contribution in [1.82, 2.24) is 10.2 Å². The number of rotatable bonds is 3. The van der Waals surface area contributed by atoms with Crippen LogP contribution in [0.2, 0.25) is 0 Å². The zero-order chi connectivity index (χ0) is 13.8. The molecular formula is C12H18N2O4. The molecule has 1 fully saturated rings. The van der Waals surface area contributed by atoms with E-state index >= 15 is 0 Å². The van der Waals surface area contributed by atoms with E-state index in [4.69, 9.17) is 16.3 Å². The Morgan fingerprint density at radius 3 is 2.83 bits per heavy atom. The molecule has 2 N–H and O–H groups in total. The van der Waals surface area contributed by atoms with Crippen LogP contribution in [0, 0.1) is 12.3 Å². The first kappa shape index (κ1) is 14.3.